The predicted molar refractivity (Wildman–Crippen MR) is 70.7 cm³/mol. The number of benzene rings is 1. The van der Waals surface area contributed by atoms with E-state index in [2.05, 4.69) is 0 Å². The number of halogens is 1. The van der Waals surface area contributed by atoms with Crippen molar-refractivity contribution in [3.63, 3.8) is 0 Å². The molecule has 1 aromatic rings. The number of alkyl halides is 1. The van der Waals surface area contributed by atoms with Crippen LogP contribution >= 0.6 is 11.6 Å². The SMILES string of the molecule is CC(C)CN(C)S(=O)(=O)c1ccccc1CCl. The molecule has 96 valence electrons. The van der Waals surface area contributed by atoms with Crippen molar-refractivity contribution in [2.45, 2.75) is 24.6 Å². The third-order valence-electron chi connectivity index (χ3n) is 2.43. The summed E-state index contributed by atoms with van der Waals surface area (Å²) in [5, 5.41) is 0. The number of rotatable bonds is 5. The Morgan fingerprint density at radius 3 is 2.41 bits per heavy atom. The van der Waals surface area contributed by atoms with E-state index in [0.29, 0.717) is 17.0 Å². The summed E-state index contributed by atoms with van der Waals surface area (Å²) in [5.74, 6) is 0.489. The molecule has 0 aromatic heterocycles. The molecule has 1 rings (SSSR count). The lowest BCUT2D eigenvalue weighted by Gasteiger charge is -2.20. The Bertz CT molecular complexity index is 471. The molecule has 0 aliphatic carbocycles. The quantitative estimate of drug-likeness (QED) is 0.775. The van der Waals surface area contributed by atoms with Gasteiger partial charge < -0.3 is 0 Å². The van der Waals surface area contributed by atoms with E-state index in [1.54, 1.807) is 31.3 Å². The Morgan fingerprint density at radius 1 is 1.29 bits per heavy atom. The molecule has 5 heteroatoms. The largest absolute Gasteiger partial charge is 0.243 e. The fraction of sp³-hybridized carbons (Fsp3) is 0.500. The molecule has 0 amide bonds. The van der Waals surface area contributed by atoms with Crippen LogP contribution in [0.25, 0.3) is 0 Å². The zero-order valence-electron chi connectivity index (χ0n) is 10.4. The van der Waals surface area contributed by atoms with Crippen LogP contribution in [0.4, 0.5) is 0 Å². The molecular formula is C12H18ClNO2S. The van der Waals surface area contributed by atoms with Gasteiger partial charge in [0.2, 0.25) is 10.0 Å². The minimum atomic E-state index is -3.43. The highest BCUT2D eigenvalue weighted by Crippen LogP contribution is 2.21. The minimum absolute atomic E-state index is 0.199. The van der Waals surface area contributed by atoms with Gasteiger partial charge in [-0.15, -0.1) is 11.6 Å². The Hall–Kier alpha value is -0.580. The van der Waals surface area contributed by atoms with Gasteiger partial charge in [-0.05, 0) is 17.5 Å². The fourth-order valence-electron chi connectivity index (χ4n) is 1.65. The van der Waals surface area contributed by atoms with Crippen molar-refractivity contribution in [3.05, 3.63) is 29.8 Å². The van der Waals surface area contributed by atoms with Gasteiger partial charge in [-0.3, -0.25) is 0 Å². The van der Waals surface area contributed by atoms with Crippen LogP contribution in [0, 0.1) is 5.92 Å². The van der Waals surface area contributed by atoms with Crippen LogP contribution in [0.3, 0.4) is 0 Å². The Morgan fingerprint density at radius 2 is 1.88 bits per heavy atom. The van der Waals surface area contributed by atoms with Crippen molar-refractivity contribution in [2.75, 3.05) is 13.6 Å². The molecule has 0 radical (unpaired) electrons. The standard InChI is InChI=1S/C12H18ClNO2S/c1-10(2)9-14(3)17(15,16)12-7-5-4-6-11(12)8-13/h4-7,10H,8-9H2,1-3H3. The van der Waals surface area contributed by atoms with Crippen molar-refractivity contribution in [1.82, 2.24) is 4.31 Å². The van der Waals surface area contributed by atoms with Gasteiger partial charge in [-0.1, -0.05) is 32.0 Å². The normalized spacial score (nSPS) is 12.4. The number of nitrogens with zero attached hydrogens (tertiary/aromatic N) is 1. The van der Waals surface area contributed by atoms with Crippen LogP contribution in [0.15, 0.2) is 29.2 Å². The van der Waals surface area contributed by atoms with Crippen molar-refractivity contribution in [3.8, 4) is 0 Å². The smallest absolute Gasteiger partial charge is 0.207 e. The molecule has 0 saturated carbocycles. The summed E-state index contributed by atoms with van der Waals surface area (Å²) in [5.41, 5.74) is 0.643. The van der Waals surface area contributed by atoms with Crippen molar-refractivity contribution in [2.24, 2.45) is 5.92 Å². The van der Waals surface area contributed by atoms with Crippen LogP contribution in [-0.2, 0) is 15.9 Å². The van der Waals surface area contributed by atoms with Crippen molar-refractivity contribution >= 4 is 21.6 Å². The van der Waals surface area contributed by atoms with Gasteiger partial charge in [-0.25, -0.2) is 12.7 Å². The molecule has 0 unspecified atom stereocenters. The van der Waals surface area contributed by atoms with Crippen LogP contribution in [0.1, 0.15) is 19.4 Å². The molecule has 0 bridgehead atoms. The van der Waals surface area contributed by atoms with E-state index in [1.807, 2.05) is 13.8 Å². The van der Waals surface area contributed by atoms with Gasteiger partial charge in [0.15, 0.2) is 0 Å². The van der Waals surface area contributed by atoms with Gasteiger partial charge in [0.1, 0.15) is 0 Å². The molecule has 0 N–H and O–H groups in total. The summed E-state index contributed by atoms with van der Waals surface area (Å²) >= 11 is 5.77. The molecule has 0 atom stereocenters. The number of sulfonamides is 1. The lowest BCUT2D eigenvalue weighted by molar-refractivity contribution is 0.417. The summed E-state index contributed by atoms with van der Waals surface area (Å²) in [4.78, 5) is 0.304. The molecule has 3 nitrogen and oxygen atoms in total. The van der Waals surface area contributed by atoms with Gasteiger partial charge >= 0.3 is 0 Å². The maximum Gasteiger partial charge on any atom is 0.243 e. The first-order valence-electron chi connectivity index (χ1n) is 5.49. The molecule has 0 saturated heterocycles. The lowest BCUT2D eigenvalue weighted by Crippen LogP contribution is -2.31. The highest BCUT2D eigenvalue weighted by Gasteiger charge is 2.23. The molecule has 0 aliphatic heterocycles. The minimum Gasteiger partial charge on any atom is -0.207 e. The van der Waals surface area contributed by atoms with Crippen molar-refractivity contribution < 1.29 is 8.42 Å². The zero-order chi connectivity index (χ0) is 13.1. The number of hydrogen-bond acceptors (Lipinski definition) is 2. The van der Waals surface area contributed by atoms with Gasteiger partial charge in [0.25, 0.3) is 0 Å². The maximum atomic E-state index is 12.3. The van der Waals surface area contributed by atoms with E-state index in [1.165, 1.54) is 4.31 Å². The first-order valence-corrected chi connectivity index (χ1v) is 7.47. The van der Waals surface area contributed by atoms with E-state index in [4.69, 9.17) is 11.6 Å². The van der Waals surface area contributed by atoms with E-state index < -0.39 is 10.0 Å². The molecular weight excluding hydrogens is 258 g/mol. The van der Waals surface area contributed by atoms with Gasteiger partial charge in [-0.2, -0.15) is 0 Å². The highest BCUT2D eigenvalue weighted by molar-refractivity contribution is 7.89. The lowest BCUT2D eigenvalue weighted by atomic mass is 10.2. The van der Waals surface area contributed by atoms with E-state index in [0.717, 1.165) is 0 Å². The van der Waals surface area contributed by atoms with Crippen LogP contribution in [0.5, 0.6) is 0 Å². The molecule has 0 heterocycles. The topological polar surface area (TPSA) is 37.4 Å². The average molecular weight is 276 g/mol. The third kappa shape index (κ3) is 3.44. The second-order valence-corrected chi connectivity index (χ2v) is 6.70. The highest BCUT2D eigenvalue weighted by atomic mass is 35.5. The van der Waals surface area contributed by atoms with E-state index in [9.17, 15) is 8.42 Å². The van der Waals surface area contributed by atoms with Gasteiger partial charge in [0.05, 0.1) is 4.90 Å². The predicted octanol–water partition coefficient (Wildman–Crippen LogP) is 2.70. The first-order chi connectivity index (χ1) is 7.89. The summed E-state index contributed by atoms with van der Waals surface area (Å²) in [6.07, 6.45) is 0. The molecule has 0 fully saturated rings. The summed E-state index contributed by atoms with van der Waals surface area (Å²) in [6.45, 7) is 4.47. The summed E-state index contributed by atoms with van der Waals surface area (Å²) < 4.78 is 26.0. The number of hydrogen-bond donors (Lipinski definition) is 0. The summed E-state index contributed by atoms with van der Waals surface area (Å²) in [6, 6.07) is 6.85. The van der Waals surface area contributed by atoms with Crippen LogP contribution in [-0.4, -0.2) is 26.3 Å². The Kier molecular flexibility index (Phi) is 4.98. The Labute approximate surface area is 108 Å². The average Bonchev–Trinajstić information content (AvgIpc) is 2.28. The Balaban J connectivity index is 3.13. The monoisotopic (exact) mass is 275 g/mol. The molecule has 17 heavy (non-hydrogen) atoms. The van der Waals surface area contributed by atoms with E-state index >= 15 is 0 Å². The first kappa shape index (κ1) is 14.5. The van der Waals surface area contributed by atoms with Crippen molar-refractivity contribution in [1.29, 1.82) is 0 Å². The zero-order valence-corrected chi connectivity index (χ0v) is 11.9. The molecule has 0 spiro atoms. The van der Waals surface area contributed by atoms with Gasteiger partial charge in [0, 0.05) is 19.5 Å². The van der Waals surface area contributed by atoms with Crippen LogP contribution in [0.2, 0.25) is 0 Å². The summed E-state index contributed by atoms with van der Waals surface area (Å²) in [7, 11) is -1.83. The second-order valence-electron chi connectivity index (χ2n) is 4.42. The fourth-order valence-corrected chi connectivity index (χ4v) is 3.51. The third-order valence-corrected chi connectivity index (χ3v) is 4.64. The molecule has 0 aliphatic rings. The van der Waals surface area contributed by atoms with E-state index in [-0.39, 0.29) is 11.8 Å². The molecule has 1 aromatic carbocycles. The maximum absolute atomic E-state index is 12.3. The second kappa shape index (κ2) is 5.85. The van der Waals surface area contributed by atoms with Crippen LogP contribution < -0.4 is 0 Å².